The minimum absolute atomic E-state index is 0.116. The summed E-state index contributed by atoms with van der Waals surface area (Å²) in [6, 6.07) is 7.91. The summed E-state index contributed by atoms with van der Waals surface area (Å²) < 4.78 is 5.31. The smallest absolute Gasteiger partial charge is 0.236 e. The maximum Gasteiger partial charge on any atom is 0.236 e. The molecule has 0 aliphatic carbocycles. The molecule has 0 spiro atoms. The van der Waals surface area contributed by atoms with Gasteiger partial charge in [0.05, 0.1) is 24.0 Å². The van der Waals surface area contributed by atoms with Crippen molar-refractivity contribution in [2.75, 3.05) is 38.2 Å². The number of carbonyl (C=O) groups is 1. The Kier molecular flexibility index (Phi) is 5.52. The van der Waals surface area contributed by atoms with E-state index in [2.05, 4.69) is 15.3 Å². The molecule has 0 radical (unpaired) electrons. The number of thioether (sulfide) groups is 1. The molecule has 24 heavy (non-hydrogen) atoms. The average Bonchev–Trinajstić information content (AvgIpc) is 2.62. The van der Waals surface area contributed by atoms with Gasteiger partial charge in [-0.25, -0.2) is 9.97 Å². The molecule has 1 amide bonds. The van der Waals surface area contributed by atoms with Gasteiger partial charge in [0.25, 0.3) is 0 Å². The van der Waals surface area contributed by atoms with Crippen LogP contribution in [-0.4, -0.2) is 58.9 Å². The van der Waals surface area contributed by atoms with Crippen LogP contribution in [-0.2, 0) is 9.53 Å². The Morgan fingerprint density at radius 1 is 1.33 bits per heavy atom. The van der Waals surface area contributed by atoms with Crippen molar-refractivity contribution in [1.82, 2.24) is 14.9 Å². The topological polar surface area (TPSA) is 67.4 Å². The lowest BCUT2D eigenvalue weighted by Crippen LogP contribution is -2.44. The van der Waals surface area contributed by atoms with Crippen molar-refractivity contribution in [3.05, 3.63) is 24.3 Å². The van der Waals surface area contributed by atoms with Gasteiger partial charge in [0, 0.05) is 25.0 Å². The van der Waals surface area contributed by atoms with Crippen molar-refractivity contribution < 1.29 is 9.53 Å². The van der Waals surface area contributed by atoms with Crippen molar-refractivity contribution in [3.63, 3.8) is 0 Å². The maximum atomic E-state index is 12.6. The number of morpholine rings is 1. The van der Waals surface area contributed by atoms with E-state index in [1.54, 1.807) is 0 Å². The van der Waals surface area contributed by atoms with E-state index in [0.717, 1.165) is 23.3 Å². The Balaban J connectivity index is 1.79. The zero-order chi connectivity index (χ0) is 16.9. The third-order valence-electron chi connectivity index (χ3n) is 3.88. The summed E-state index contributed by atoms with van der Waals surface area (Å²) in [5.74, 6) is 0.932. The lowest BCUT2D eigenvalue weighted by Gasteiger charge is -2.28. The molecule has 1 atom stereocenters. The zero-order valence-electron chi connectivity index (χ0n) is 14.0. The second-order valence-corrected chi connectivity index (χ2v) is 6.91. The van der Waals surface area contributed by atoms with E-state index in [0.29, 0.717) is 31.5 Å². The van der Waals surface area contributed by atoms with E-state index >= 15 is 0 Å². The number of aromatic nitrogens is 2. The molecule has 1 fully saturated rings. The van der Waals surface area contributed by atoms with Gasteiger partial charge in [-0.3, -0.25) is 4.79 Å². The highest BCUT2D eigenvalue weighted by Gasteiger charge is 2.24. The molecule has 1 aliphatic rings. The minimum atomic E-state index is -0.223. The van der Waals surface area contributed by atoms with Crippen molar-refractivity contribution in [3.8, 4) is 0 Å². The average molecular weight is 346 g/mol. The highest BCUT2D eigenvalue weighted by atomic mass is 32.2. The molecule has 128 valence electrons. The molecule has 0 bridgehead atoms. The predicted octanol–water partition coefficient (Wildman–Crippen LogP) is 2.40. The van der Waals surface area contributed by atoms with Gasteiger partial charge in [-0.1, -0.05) is 23.9 Å². The summed E-state index contributed by atoms with van der Waals surface area (Å²) in [5.41, 5.74) is 0.886. The minimum Gasteiger partial charge on any atom is -0.378 e. The fraction of sp³-hybridized carbons (Fsp3) is 0.471. The summed E-state index contributed by atoms with van der Waals surface area (Å²) in [6.07, 6.45) is 0. The molecule has 0 saturated carbocycles. The van der Waals surface area contributed by atoms with Gasteiger partial charge < -0.3 is 15.0 Å². The van der Waals surface area contributed by atoms with Gasteiger partial charge in [0.1, 0.15) is 5.82 Å². The Morgan fingerprint density at radius 3 is 2.83 bits per heavy atom. The van der Waals surface area contributed by atoms with Crippen molar-refractivity contribution in [1.29, 1.82) is 0 Å². The molecule has 1 aromatic heterocycles. The zero-order valence-corrected chi connectivity index (χ0v) is 14.8. The molecule has 2 aromatic rings. The predicted molar refractivity (Wildman–Crippen MR) is 96.4 cm³/mol. The first-order valence-electron chi connectivity index (χ1n) is 8.23. The lowest BCUT2D eigenvalue weighted by molar-refractivity contribution is -0.134. The molecule has 1 aliphatic heterocycles. The number of hydrogen-bond acceptors (Lipinski definition) is 6. The molecule has 1 N–H and O–H groups in total. The van der Waals surface area contributed by atoms with E-state index in [-0.39, 0.29) is 11.2 Å². The number of para-hydroxylation sites is 1. The molecule has 2 heterocycles. The van der Waals surface area contributed by atoms with Crippen LogP contribution >= 0.6 is 11.8 Å². The molecule has 1 aromatic carbocycles. The fourth-order valence-electron chi connectivity index (χ4n) is 2.66. The Morgan fingerprint density at radius 2 is 2.08 bits per heavy atom. The Hall–Kier alpha value is -1.86. The summed E-state index contributed by atoms with van der Waals surface area (Å²) in [7, 11) is 0. The third-order valence-corrected chi connectivity index (χ3v) is 4.83. The van der Waals surface area contributed by atoms with Gasteiger partial charge >= 0.3 is 0 Å². The van der Waals surface area contributed by atoms with Gasteiger partial charge in [0.15, 0.2) is 5.16 Å². The molecular formula is C17H22N4O2S. The van der Waals surface area contributed by atoms with Crippen LogP contribution in [0.15, 0.2) is 29.4 Å². The van der Waals surface area contributed by atoms with Crippen molar-refractivity contribution >= 4 is 34.4 Å². The molecule has 1 saturated heterocycles. The van der Waals surface area contributed by atoms with Gasteiger partial charge in [-0.15, -0.1) is 0 Å². The Bertz CT molecular complexity index is 719. The number of hydrogen-bond donors (Lipinski definition) is 1. The van der Waals surface area contributed by atoms with Crippen LogP contribution in [0.2, 0.25) is 0 Å². The first-order chi connectivity index (χ1) is 11.7. The van der Waals surface area contributed by atoms with Crippen molar-refractivity contribution in [2.24, 2.45) is 0 Å². The molecule has 6 nitrogen and oxygen atoms in total. The van der Waals surface area contributed by atoms with E-state index in [1.165, 1.54) is 11.8 Å². The van der Waals surface area contributed by atoms with Crippen LogP contribution in [0, 0.1) is 0 Å². The number of fused-ring (bicyclic) bond motifs is 1. The van der Waals surface area contributed by atoms with Crippen LogP contribution in [0.5, 0.6) is 0 Å². The van der Waals surface area contributed by atoms with E-state index in [1.807, 2.05) is 43.0 Å². The quantitative estimate of drug-likeness (QED) is 0.662. The van der Waals surface area contributed by atoms with Crippen LogP contribution in [0.3, 0.4) is 0 Å². The molecule has 3 rings (SSSR count). The maximum absolute atomic E-state index is 12.6. The Labute approximate surface area is 146 Å². The van der Waals surface area contributed by atoms with Gasteiger partial charge in [-0.2, -0.15) is 0 Å². The number of anilines is 1. The second-order valence-electron chi connectivity index (χ2n) is 5.60. The van der Waals surface area contributed by atoms with Gasteiger partial charge in [0.2, 0.25) is 5.91 Å². The number of rotatable bonds is 5. The third kappa shape index (κ3) is 3.79. The van der Waals surface area contributed by atoms with E-state index < -0.39 is 0 Å². The molecular weight excluding hydrogens is 324 g/mol. The normalized spacial score (nSPS) is 16.2. The standard InChI is InChI=1S/C17H22N4O2S/c1-3-18-15-13-6-4-5-7-14(13)19-17(20-15)24-12(2)16(22)21-8-10-23-11-9-21/h4-7,12H,3,8-11H2,1-2H3,(H,18,19,20). The first-order valence-corrected chi connectivity index (χ1v) is 9.11. The molecule has 7 heteroatoms. The largest absolute Gasteiger partial charge is 0.378 e. The van der Waals surface area contributed by atoms with Crippen LogP contribution in [0.25, 0.3) is 10.9 Å². The number of carbonyl (C=O) groups excluding carboxylic acids is 1. The fourth-order valence-corrected chi connectivity index (χ4v) is 3.52. The van der Waals surface area contributed by atoms with E-state index in [9.17, 15) is 4.79 Å². The summed E-state index contributed by atoms with van der Waals surface area (Å²) in [4.78, 5) is 23.6. The highest BCUT2D eigenvalue weighted by molar-refractivity contribution is 8.00. The lowest BCUT2D eigenvalue weighted by atomic mass is 10.2. The number of nitrogens with one attached hydrogen (secondary N) is 1. The first kappa shape index (κ1) is 17.0. The van der Waals surface area contributed by atoms with E-state index in [4.69, 9.17) is 4.74 Å². The number of benzene rings is 1. The SMILES string of the molecule is CCNc1nc(SC(C)C(=O)N2CCOCC2)nc2ccccc12. The summed E-state index contributed by atoms with van der Waals surface area (Å²) in [6.45, 7) is 7.27. The second kappa shape index (κ2) is 7.81. The van der Waals surface area contributed by atoms with Crippen LogP contribution < -0.4 is 5.32 Å². The number of amides is 1. The number of ether oxygens (including phenoxy) is 1. The van der Waals surface area contributed by atoms with Crippen LogP contribution in [0.1, 0.15) is 13.8 Å². The summed E-state index contributed by atoms with van der Waals surface area (Å²) >= 11 is 1.41. The highest BCUT2D eigenvalue weighted by Crippen LogP contribution is 2.27. The number of nitrogens with zero attached hydrogens (tertiary/aromatic N) is 3. The van der Waals surface area contributed by atoms with Crippen molar-refractivity contribution in [2.45, 2.75) is 24.3 Å². The van der Waals surface area contributed by atoms with Gasteiger partial charge in [-0.05, 0) is 26.0 Å². The molecule has 1 unspecified atom stereocenters. The summed E-state index contributed by atoms with van der Waals surface area (Å²) in [5, 5.41) is 4.68. The monoisotopic (exact) mass is 346 g/mol. The van der Waals surface area contributed by atoms with Crippen LogP contribution in [0.4, 0.5) is 5.82 Å².